The Kier molecular flexibility index (Phi) is 6.71. The normalized spacial score (nSPS) is 11.1. The Bertz CT molecular complexity index is 1070. The van der Waals surface area contributed by atoms with Crippen molar-refractivity contribution in [2.45, 2.75) is 0 Å². The summed E-state index contributed by atoms with van der Waals surface area (Å²) in [5.74, 6) is -1.01. The van der Waals surface area contributed by atoms with E-state index in [2.05, 4.69) is 20.9 Å². The summed E-state index contributed by atoms with van der Waals surface area (Å²) in [7, 11) is 0. The molecule has 0 heterocycles. The molecule has 3 aromatic carbocycles. The largest absolute Gasteiger partial charge is 0.478 e. The standard InChI is InChI=1S/C23H16BrNO4/c24-19-3-1-2-16(14-19)6-13-22(26)29-21-11-4-17(5-12-21)15-25-20-9-7-18(8-10-20)23(27)28/h1-15H,(H,27,28)/b13-6+,25-15?. The van der Waals surface area contributed by atoms with E-state index in [9.17, 15) is 9.59 Å². The number of carbonyl (C=O) groups is 2. The topological polar surface area (TPSA) is 76.0 Å². The van der Waals surface area contributed by atoms with Crippen LogP contribution in [0.2, 0.25) is 0 Å². The van der Waals surface area contributed by atoms with Gasteiger partial charge in [-0.1, -0.05) is 28.1 Å². The van der Waals surface area contributed by atoms with Crippen LogP contribution < -0.4 is 4.74 Å². The molecule has 0 unspecified atom stereocenters. The van der Waals surface area contributed by atoms with Gasteiger partial charge in [-0.05, 0) is 77.9 Å². The maximum absolute atomic E-state index is 12.0. The molecule has 29 heavy (non-hydrogen) atoms. The zero-order chi connectivity index (χ0) is 20.6. The Morgan fingerprint density at radius 1 is 0.931 bits per heavy atom. The molecule has 0 aliphatic carbocycles. The van der Waals surface area contributed by atoms with Gasteiger partial charge in [0.25, 0.3) is 0 Å². The van der Waals surface area contributed by atoms with E-state index < -0.39 is 11.9 Å². The molecular formula is C23H16BrNO4. The van der Waals surface area contributed by atoms with E-state index in [-0.39, 0.29) is 5.56 Å². The van der Waals surface area contributed by atoms with Crippen LogP contribution in [0.4, 0.5) is 5.69 Å². The number of hydrogen-bond donors (Lipinski definition) is 1. The van der Waals surface area contributed by atoms with Gasteiger partial charge < -0.3 is 9.84 Å². The number of hydrogen-bond acceptors (Lipinski definition) is 4. The number of carboxylic acids is 1. The number of aliphatic imine (C=N–C) groups is 1. The average Bonchev–Trinajstić information content (AvgIpc) is 2.72. The molecule has 0 saturated heterocycles. The Morgan fingerprint density at radius 2 is 1.66 bits per heavy atom. The van der Waals surface area contributed by atoms with Crippen molar-refractivity contribution in [3.63, 3.8) is 0 Å². The number of carboxylic acid groups (broad SMARTS) is 1. The lowest BCUT2D eigenvalue weighted by Gasteiger charge is -2.02. The molecular weight excluding hydrogens is 434 g/mol. The molecule has 3 rings (SSSR count). The first-order chi connectivity index (χ1) is 14.0. The second-order valence-electron chi connectivity index (χ2n) is 5.99. The first-order valence-electron chi connectivity index (χ1n) is 8.62. The highest BCUT2D eigenvalue weighted by atomic mass is 79.9. The first-order valence-corrected chi connectivity index (χ1v) is 9.42. The van der Waals surface area contributed by atoms with E-state index in [1.807, 2.05) is 24.3 Å². The number of esters is 1. The predicted molar refractivity (Wildman–Crippen MR) is 116 cm³/mol. The van der Waals surface area contributed by atoms with E-state index in [0.717, 1.165) is 15.6 Å². The maximum Gasteiger partial charge on any atom is 0.336 e. The molecule has 0 spiro atoms. The molecule has 0 fully saturated rings. The zero-order valence-electron chi connectivity index (χ0n) is 15.2. The molecule has 0 bridgehead atoms. The fraction of sp³-hybridized carbons (Fsp3) is 0. The van der Waals surface area contributed by atoms with Crippen LogP contribution in [0.25, 0.3) is 6.08 Å². The van der Waals surface area contributed by atoms with Crippen molar-refractivity contribution in [2.75, 3.05) is 0 Å². The number of benzene rings is 3. The van der Waals surface area contributed by atoms with Crippen molar-refractivity contribution >= 4 is 45.8 Å². The smallest absolute Gasteiger partial charge is 0.336 e. The lowest BCUT2D eigenvalue weighted by molar-refractivity contribution is -0.128. The van der Waals surface area contributed by atoms with Crippen molar-refractivity contribution in [3.8, 4) is 5.75 Å². The number of aromatic carboxylic acids is 1. The number of rotatable bonds is 6. The monoisotopic (exact) mass is 449 g/mol. The number of halogens is 1. The quantitative estimate of drug-likeness (QED) is 0.232. The second kappa shape index (κ2) is 9.61. The van der Waals surface area contributed by atoms with Crippen LogP contribution in [0.5, 0.6) is 5.75 Å². The molecule has 1 N–H and O–H groups in total. The van der Waals surface area contributed by atoms with Crippen molar-refractivity contribution < 1.29 is 19.4 Å². The van der Waals surface area contributed by atoms with E-state index >= 15 is 0 Å². The third-order valence-electron chi connectivity index (χ3n) is 3.84. The van der Waals surface area contributed by atoms with Crippen LogP contribution in [-0.2, 0) is 4.79 Å². The molecule has 5 nitrogen and oxygen atoms in total. The maximum atomic E-state index is 12.0. The van der Waals surface area contributed by atoms with Crippen LogP contribution >= 0.6 is 15.9 Å². The van der Waals surface area contributed by atoms with Crippen LogP contribution in [0.15, 0.2) is 88.3 Å². The van der Waals surface area contributed by atoms with E-state index in [1.54, 1.807) is 48.7 Å². The highest BCUT2D eigenvalue weighted by molar-refractivity contribution is 9.10. The summed E-state index contributed by atoms with van der Waals surface area (Å²) in [5.41, 5.74) is 2.56. The molecule has 0 saturated carbocycles. The van der Waals surface area contributed by atoms with Gasteiger partial charge in [0, 0.05) is 16.8 Å². The summed E-state index contributed by atoms with van der Waals surface area (Å²) < 4.78 is 6.22. The van der Waals surface area contributed by atoms with Gasteiger partial charge in [-0.3, -0.25) is 4.99 Å². The Labute approximate surface area is 176 Å². The van der Waals surface area contributed by atoms with Crippen molar-refractivity contribution in [1.82, 2.24) is 0 Å². The minimum atomic E-state index is -0.975. The van der Waals surface area contributed by atoms with Gasteiger partial charge in [0.05, 0.1) is 11.3 Å². The molecule has 0 radical (unpaired) electrons. The first kappa shape index (κ1) is 20.2. The van der Waals surface area contributed by atoms with Gasteiger partial charge >= 0.3 is 11.9 Å². The molecule has 3 aromatic rings. The van der Waals surface area contributed by atoms with Gasteiger partial charge in [0.15, 0.2) is 0 Å². The van der Waals surface area contributed by atoms with E-state index in [1.165, 1.54) is 18.2 Å². The molecule has 144 valence electrons. The molecule has 0 aromatic heterocycles. The van der Waals surface area contributed by atoms with E-state index in [0.29, 0.717) is 11.4 Å². The Hall–Kier alpha value is -3.51. The van der Waals surface area contributed by atoms with E-state index in [4.69, 9.17) is 9.84 Å². The average molecular weight is 450 g/mol. The summed E-state index contributed by atoms with van der Waals surface area (Å²) in [4.78, 5) is 27.1. The zero-order valence-corrected chi connectivity index (χ0v) is 16.7. The number of carbonyl (C=O) groups excluding carboxylic acids is 1. The lowest BCUT2D eigenvalue weighted by atomic mass is 10.2. The van der Waals surface area contributed by atoms with Gasteiger partial charge in [-0.15, -0.1) is 0 Å². The minimum Gasteiger partial charge on any atom is -0.478 e. The fourth-order valence-corrected chi connectivity index (χ4v) is 2.80. The van der Waals surface area contributed by atoms with Gasteiger partial charge in [-0.25, -0.2) is 9.59 Å². The van der Waals surface area contributed by atoms with Crippen LogP contribution in [0.3, 0.4) is 0 Å². The summed E-state index contributed by atoms with van der Waals surface area (Å²) in [6, 6.07) is 20.7. The molecule has 6 heteroatoms. The van der Waals surface area contributed by atoms with Crippen LogP contribution in [0.1, 0.15) is 21.5 Å². The third-order valence-corrected chi connectivity index (χ3v) is 4.33. The second-order valence-corrected chi connectivity index (χ2v) is 6.90. The van der Waals surface area contributed by atoms with Crippen molar-refractivity contribution in [2.24, 2.45) is 4.99 Å². The minimum absolute atomic E-state index is 0.212. The lowest BCUT2D eigenvalue weighted by Crippen LogP contribution is -2.03. The van der Waals surface area contributed by atoms with Crippen LogP contribution in [0, 0.1) is 0 Å². The fourth-order valence-electron chi connectivity index (χ4n) is 2.39. The molecule has 0 aliphatic rings. The highest BCUT2D eigenvalue weighted by Gasteiger charge is 2.02. The Balaban J connectivity index is 1.58. The van der Waals surface area contributed by atoms with Crippen molar-refractivity contribution in [3.05, 3.63) is 100 Å². The summed E-state index contributed by atoms with van der Waals surface area (Å²) in [6.07, 6.45) is 4.70. The number of ether oxygens (including phenoxy) is 1. The molecule has 0 aliphatic heterocycles. The summed E-state index contributed by atoms with van der Waals surface area (Å²) >= 11 is 3.38. The highest BCUT2D eigenvalue weighted by Crippen LogP contribution is 2.16. The van der Waals surface area contributed by atoms with Gasteiger partial charge in [-0.2, -0.15) is 0 Å². The SMILES string of the molecule is O=C(/C=C/c1cccc(Br)c1)Oc1ccc(C=Nc2ccc(C(=O)O)cc2)cc1. The Morgan fingerprint density at radius 3 is 2.31 bits per heavy atom. The summed E-state index contributed by atoms with van der Waals surface area (Å²) in [6.45, 7) is 0. The van der Waals surface area contributed by atoms with Gasteiger partial charge in [0.2, 0.25) is 0 Å². The van der Waals surface area contributed by atoms with Crippen molar-refractivity contribution in [1.29, 1.82) is 0 Å². The summed E-state index contributed by atoms with van der Waals surface area (Å²) in [5, 5.41) is 8.89. The third kappa shape index (κ3) is 6.26. The molecule has 0 amide bonds. The van der Waals surface area contributed by atoms with Gasteiger partial charge in [0.1, 0.15) is 5.75 Å². The number of nitrogens with zero attached hydrogens (tertiary/aromatic N) is 1. The van der Waals surface area contributed by atoms with Crippen LogP contribution in [-0.4, -0.2) is 23.3 Å². The predicted octanol–water partition coefficient (Wildman–Crippen LogP) is 5.52. The molecule has 0 atom stereocenters.